The van der Waals surface area contributed by atoms with Crippen molar-refractivity contribution in [1.82, 2.24) is 14.9 Å². The second-order valence-electron chi connectivity index (χ2n) is 6.47. The van der Waals surface area contributed by atoms with Gasteiger partial charge in [0.2, 0.25) is 5.96 Å². The molecule has 1 heterocycles. The third-order valence-corrected chi connectivity index (χ3v) is 5.16. The lowest BCUT2D eigenvalue weighted by molar-refractivity contribution is -0.137. The maximum Gasteiger partial charge on any atom is 0.416 e. The molecule has 0 saturated carbocycles. The number of rotatable bonds is 5. The maximum absolute atomic E-state index is 13.3. The van der Waals surface area contributed by atoms with E-state index in [1.54, 1.807) is 29.1 Å². The number of anilines is 1. The first-order valence-corrected chi connectivity index (χ1v) is 10.1. The van der Waals surface area contributed by atoms with Crippen LogP contribution >= 0.6 is 34.8 Å². The van der Waals surface area contributed by atoms with Crippen molar-refractivity contribution in [3.63, 3.8) is 0 Å². The second kappa shape index (κ2) is 10.1. The van der Waals surface area contributed by atoms with E-state index in [1.807, 2.05) is 0 Å². The van der Waals surface area contributed by atoms with Crippen molar-refractivity contribution in [3.05, 3.63) is 81.3 Å². The van der Waals surface area contributed by atoms with Crippen molar-refractivity contribution < 1.29 is 13.2 Å². The molecule has 32 heavy (non-hydrogen) atoms. The zero-order valence-electron chi connectivity index (χ0n) is 16.0. The number of nitrogens with one attached hydrogen (secondary N) is 2. The Bertz CT molecular complexity index is 1160. The lowest BCUT2D eigenvalue weighted by Crippen LogP contribution is -2.28. The third-order valence-electron chi connectivity index (χ3n) is 4.27. The van der Waals surface area contributed by atoms with Crippen molar-refractivity contribution >= 4 is 46.4 Å². The average Bonchev–Trinajstić information content (AvgIpc) is 3.22. The highest BCUT2D eigenvalue weighted by atomic mass is 35.5. The number of aromatic nitrogens is 2. The normalized spacial score (nSPS) is 12.8. The lowest BCUT2D eigenvalue weighted by Gasteiger charge is -2.19. The SMILES string of the molecule is N#CNC(=NC(Cn1ccnc1)c1cc(C(F)(F)F)ccc1Cl)Nc1ccc(Cl)cc1Cl. The van der Waals surface area contributed by atoms with Gasteiger partial charge in [-0.15, -0.1) is 0 Å². The number of aliphatic imine (C=N–C) groups is 1. The minimum Gasteiger partial charge on any atom is -0.335 e. The Morgan fingerprint density at radius 2 is 1.94 bits per heavy atom. The van der Waals surface area contributed by atoms with Gasteiger partial charge in [-0.05, 0) is 42.0 Å². The zero-order chi connectivity index (χ0) is 23.3. The fraction of sp³-hybridized carbons (Fsp3) is 0.150. The Hall–Kier alpha value is -2.93. The summed E-state index contributed by atoms with van der Waals surface area (Å²) in [6.45, 7) is 0.105. The largest absolute Gasteiger partial charge is 0.416 e. The molecule has 12 heteroatoms. The van der Waals surface area contributed by atoms with Crippen LogP contribution < -0.4 is 10.6 Å². The van der Waals surface area contributed by atoms with Gasteiger partial charge < -0.3 is 9.88 Å². The van der Waals surface area contributed by atoms with Gasteiger partial charge in [-0.1, -0.05) is 34.8 Å². The number of halogens is 6. The lowest BCUT2D eigenvalue weighted by atomic mass is 10.0. The van der Waals surface area contributed by atoms with Crippen LogP contribution in [0.25, 0.3) is 0 Å². The summed E-state index contributed by atoms with van der Waals surface area (Å²) < 4.78 is 41.5. The van der Waals surface area contributed by atoms with Gasteiger partial charge in [0.25, 0.3) is 0 Å². The smallest absolute Gasteiger partial charge is 0.335 e. The van der Waals surface area contributed by atoms with Gasteiger partial charge in [0, 0.05) is 22.4 Å². The van der Waals surface area contributed by atoms with Crippen LogP contribution in [0.4, 0.5) is 18.9 Å². The molecule has 3 aromatic rings. The minimum atomic E-state index is -4.56. The van der Waals surface area contributed by atoms with Crippen LogP contribution in [0.3, 0.4) is 0 Å². The molecule has 2 aromatic carbocycles. The number of nitrogens with zero attached hydrogens (tertiary/aromatic N) is 4. The molecule has 0 saturated heterocycles. The molecule has 0 aliphatic heterocycles. The van der Waals surface area contributed by atoms with Crippen molar-refractivity contribution in [2.75, 3.05) is 5.32 Å². The zero-order valence-corrected chi connectivity index (χ0v) is 18.3. The van der Waals surface area contributed by atoms with E-state index in [-0.39, 0.29) is 28.1 Å². The van der Waals surface area contributed by atoms with Crippen LogP contribution in [0.1, 0.15) is 17.2 Å². The molecular formula is C20H14Cl3F3N6. The van der Waals surface area contributed by atoms with Gasteiger partial charge in [-0.3, -0.25) is 5.32 Å². The Balaban J connectivity index is 2.05. The molecule has 1 aromatic heterocycles. The molecule has 0 fully saturated rings. The van der Waals surface area contributed by atoms with E-state index in [1.165, 1.54) is 18.6 Å². The molecule has 3 rings (SSSR count). The standard InChI is InChI=1S/C20H14Cl3F3N6/c21-13-2-4-17(16(23)8-13)30-19(29-10-27)31-18(9-32-6-5-28-11-32)14-7-12(20(24,25)26)1-3-15(14)22/h1-8,11,18H,9H2,(H2,29,30,31). The summed E-state index contributed by atoms with van der Waals surface area (Å²) in [4.78, 5) is 8.37. The quantitative estimate of drug-likeness (QED) is 0.190. The molecule has 2 N–H and O–H groups in total. The highest BCUT2D eigenvalue weighted by Crippen LogP contribution is 2.35. The summed E-state index contributed by atoms with van der Waals surface area (Å²) in [5.41, 5.74) is -0.364. The van der Waals surface area contributed by atoms with Gasteiger partial charge in [0.15, 0.2) is 6.19 Å². The molecule has 1 unspecified atom stereocenters. The molecule has 0 spiro atoms. The molecule has 6 nitrogen and oxygen atoms in total. The fourth-order valence-electron chi connectivity index (χ4n) is 2.80. The third kappa shape index (κ3) is 6.07. The van der Waals surface area contributed by atoms with E-state index in [0.717, 1.165) is 18.2 Å². The van der Waals surface area contributed by atoms with Crippen molar-refractivity contribution in [2.45, 2.75) is 18.8 Å². The first kappa shape index (κ1) is 23.7. The van der Waals surface area contributed by atoms with Gasteiger partial charge >= 0.3 is 6.18 Å². The number of benzene rings is 2. The summed E-state index contributed by atoms with van der Waals surface area (Å²) in [6.07, 6.45) is 1.82. The molecule has 0 bridgehead atoms. The summed E-state index contributed by atoms with van der Waals surface area (Å²) in [5.74, 6) is -0.0460. The summed E-state index contributed by atoms with van der Waals surface area (Å²) in [6, 6.07) is 6.72. The van der Waals surface area contributed by atoms with E-state index >= 15 is 0 Å². The van der Waals surface area contributed by atoms with Crippen LogP contribution in [-0.2, 0) is 12.7 Å². The van der Waals surface area contributed by atoms with Crippen LogP contribution in [0.2, 0.25) is 15.1 Å². The molecule has 0 amide bonds. The second-order valence-corrected chi connectivity index (χ2v) is 7.72. The predicted molar refractivity (Wildman–Crippen MR) is 118 cm³/mol. The van der Waals surface area contributed by atoms with E-state index in [4.69, 9.17) is 40.1 Å². The van der Waals surface area contributed by atoms with Crippen LogP contribution in [0.5, 0.6) is 0 Å². The molecule has 0 radical (unpaired) electrons. The molecular weight excluding hydrogens is 488 g/mol. The Morgan fingerprint density at radius 1 is 1.16 bits per heavy atom. The number of hydrogen-bond acceptors (Lipinski definition) is 3. The first-order chi connectivity index (χ1) is 15.2. The van der Waals surface area contributed by atoms with E-state index < -0.39 is 17.8 Å². The predicted octanol–water partition coefficient (Wildman–Crippen LogP) is 6.14. The minimum absolute atomic E-state index is 0.0460. The van der Waals surface area contributed by atoms with Gasteiger partial charge in [-0.25, -0.2) is 9.98 Å². The number of hydrogen-bond donors (Lipinski definition) is 2. The summed E-state index contributed by atoms with van der Waals surface area (Å²) >= 11 is 18.3. The topological polar surface area (TPSA) is 78.0 Å². The monoisotopic (exact) mass is 500 g/mol. The molecule has 0 aliphatic rings. The number of guanidine groups is 1. The Kier molecular flexibility index (Phi) is 7.51. The van der Waals surface area contributed by atoms with Crippen LogP contribution in [0.15, 0.2) is 60.1 Å². The average molecular weight is 502 g/mol. The number of imidazole rings is 1. The van der Waals surface area contributed by atoms with Gasteiger partial charge in [-0.2, -0.15) is 18.4 Å². The maximum atomic E-state index is 13.3. The molecule has 1 atom stereocenters. The van der Waals surface area contributed by atoms with Gasteiger partial charge in [0.1, 0.15) is 0 Å². The number of nitriles is 1. The molecule has 166 valence electrons. The van der Waals surface area contributed by atoms with Crippen LogP contribution in [0, 0.1) is 11.5 Å². The van der Waals surface area contributed by atoms with Crippen molar-refractivity contribution in [3.8, 4) is 6.19 Å². The summed E-state index contributed by atoms with van der Waals surface area (Å²) in [7, 11) is 0. The van der Waals surface area contributed by atoms with E-state index in [9.17, 15) is 13.2 Å². The van der Waals surface area contributed by atoms with Gasteiger partial charge in [0.05, 0.1) is 35.2 Å². The first-order valence-electron chi connectivity index (χ1n) is 8.94. The number of alkyl halides is 3. The van der Waals surface area contributed by atoms with E-state index in [0.29, 0.717) is 10.7 Å². The Labute approximate surface area is 196 Å². The van der Waals surface area contributed by atoms with Crippen molar-refractivity contribution in [1.29, 1.82) is 5.26 Å². The van der Waals surface area contributed by atoms with Crippen LogP contribution in [-0.4, -0.2) is 15.5 Å². The summed E-state index contributed by atoms with van der Waals surface area (Å²) in [5, 5.41) is 15.1. The van der Waals surface area contributed by atoms with Crippen molar-refractivity contribution in [2.24, 2.45) is 4.99 Å². The Morgan fingerprint density at radius 3 is 2.56 bits per heavy atom. The van der Waals surface area contributed by atoms with E-state index in [2.05, 4.69) is 20.6 Å². The molecule has 0 aliphatic carbocycles. The highest BCUT2D eigenvalue weighted by molar-refractivity contribution is 6.36. The highest BCUT2D eigenvalue weighted by Gasteiger charge is 2.32. The fourth-order valence-corrected chi connectivity index (χ4v) is 3.50.